The van der Waals surface area contributed by atoms with E-state index < -0.39 is 12.0 Å². The fourth-order valence-corrected chi connectivity index (χ4v) is 5.57. The van der Waals surface area contributed by atoms with Crippen molar-refractivity contribution >= 4 is 39.1 Å². The van der Waals surface area contributed by atoms with E-state index in [0.717, 1.165) is 48.9 Å². The molecule has 0 aliphatic heterocycles. The van der Waals surface area contributed by atoms with Gasteiger partial charge in [0, 0.05) is 5.69 Å². The number of hydrogen-bond donors (Lipinski definition) is 1. The Balaban J connectivity index is 1.61. The largest absolute Gasteiger partial charge is 0.458 e. The van der Waals surface area contributed by atoms with Gasteiger partial charge >= 0.3 is 5.97 Å². The standard InChI is InChI=1S/C26H31N3O4S/c1-5-18-11-9-10-15(2)21(18)28-23(30)17(4)29-14-27-24-20(25(29)31)16(3)22(34-24)26(32)33-19-12-7-6-8-13-19/h9-11,14,17,19H,5-8,12-13H2,1-4H3,(H,28,30). The molecule has 1 aliphatic carbocycles. The second-order valence-corrected chi connectivity index (χ2v) is 9.99. The van der Waals surface area contributed by atoms with E-state index in [9.17, 15) is 14.4 Å². The van der Waals surface area contributed by atoms with Gasteiger partial charge in [0.15, 0.2) is 0 Å². The number of nitrogens with zero attached hydrogens (tertiary/aromatic N) is 2. The Kier molecular flexibility index (Phi) is 7.16. The number of thiophene rings is 1. The molecule has 180 valence electrons. The maximum atomic E-state index is 13.4. The number of amides is 1. The van der Waals surface area contributed by atoms with E-state index in [4.69, 9.17) is 4.74 Å². The molecule has 0 bridgehead atoms. The van der Waals surface area contributed by atoms with E-state index in [1.807, 2.05) is 32.0 Å². The van der Waals surface area contributed by atoms with Crippen LogP contribution in [0.5, 0.6) is 0 Å². The molecule has 1 atom stereocenters. The fraction of sp³-hybridized carbons (Fsp3) is 0.462. The highest BCUT2D eigenvalue weighted by Crippen LogP contribution is 2.30. The summed E-state index contributed by atoms with van der Waals surface area (Å²) >= 11 is 1.17. The average molecular weight is 482 g/mol. The molecule has 1 aromatic carbocycles. The lowest BCUT2D eigenvalue weighted by atomic mass is 9.98. The van der Waals surface area contributed by atoms with Crippen molar-refractivity contribution in [2.24, 2.45) is 0 Å². The van der Waals surface area contributed by atoms with Gasteiger partial charge in [0.1, 0.15) is 21.9 Å². The van der Waals surface area contributed by atoms with Crippen molar-refractivity contribution < 1.29 is 14.3 Å². The zero-order valence-electron chi connectivity index (χ0n) is 20.1. The van der Waals surface area contributed by atoms with Crippen molar-refractivity contribution in [2.45, 2.75) is 78.4 Å². The molecular weight excluding hydrogens is 450 g/mol. The number of anilines is 1. The van der Waals surface area contributed by atoms with Gasteiger partial charge in [-0.1, -0.05) is 31.5 Å². The second kappa shape index (κ2) is 10.1. The Morgan fingerprint density at radius 3 is 2.68 bits per heavy atom. The van der Waals surface area contributed by atoms with E-state index in [-0.39, 0.29) is 17.6 Å². The molecule has 1 amide bonds. The molecule has 1 N–H and O–H groups in total. The number of esters is 1. The van der Waals surface area contributed by atoms with Crippen LogP contribution >= 0.6 is 11.3 Å². The molecule has 0 radical (unpaired) electrons. The summed E-state index contributed by atoms with van der Waals surface area (Å²) in [4.78, 5) is 44.6. The third-order valence-electron chi connectivity index (χ3n) is 6.67. The fourth-order valence-electron chi connectivity index (χ4n) is 4.55. The highest BCUT2D eigenvalue weighted by atomic mass is 32.1. The van der Waals surface area contributed by atoms with Gasteiger partial charge in [-0.25, -0.2) is 9.78 Å². The number of benzene rings is 1. The first-order chi connectivity index (χ1) is 16.3. The molecule has 34 heavy (non-hydrogen) atoms. The summed E-state index contributed by atoms with van der Waals surface area (Å²) in [6.45, 7) is 7.40. The summed E-state index contributed by atoms with van der Waals surface area (Å²) in [6, 6.07) is 5.12. The van der Waals surface area contributed by atoms with Crippen LogP contribution in [-0.4, -0.2) is 27.5 Å². The molecule has 1 unspecified atom stereocenters. The van der Waals surface area contributed by atoms with Crippen molar-refractivity contribution in [1.82, 2.24) is 9.55 Å². The molecule has 2 aromatic heterocycles. The van der Waals surface area contributed by atoms with E-state index in [1.165, 1.54) is 28.7 Å². The number of aromatic nitrogens is 2. The predicted octanol–water partition coefficient (Wildman–Crippen LogP) is 5.33. The van der Waals surface area contributed by atoms with Crippen molar-refractivity contribution in [2.75, 3.05) is 5.32 Å². The SMILES string of the molecule is CCc1cccc(C)c1NC(=O)C(C)n1cnc2sc(C(=O)OC3CCCCC3)c(C)c2c1=O. The lowest BCUT2D eigenvalue weighted by Crippen LogP contribution is -2.32. The van der Waals surface area contributed by atoms with Gasteiger partial charge in [0.2, 0.25) is 5.91 Å². The monoisotopic (exact) mass is 481 g/mol. The Hall–Kier alpha value is -3.00. The van der Waals surface area contributed by atoms with Crippen LogP contribution in [0.25, 0.3) is 10.2 Å². The third-order valence-corrected chi connectivity index (χ3v) is 7.85. The quantitative estimate of drug-likeness (QED) is 0.481. The summed E-state index contributed by atoms with van der Waals surface area (Å²) in [5, 5.41) is 3.36. The number of fused-ring (bicyclic) bond motifs is 1. The average Bonchev–Trinajstić information content (AvgIpc) is 3.18. The maximum absolute atomic E-state index is 13.4. The molecule has 0 saturated heterocycles. The number of ether oxygens (including phenoxy) is 1. The Morgan fingerprint density at radius 1 is 1.24 bits per heavy atom. The molecule has 1 fully saturated rings. The number of nitrogens with one attached hydrogen (secondary N) is 1. The van der Waals surface area contributed by atoms with Gasteiger partial charge in [-0.15, -0.1) is 11.3 Å². The van der Waals surface area contributed by atoms with Crippen LogP contribution in [0.15, 0.2) is 29.3 Å². The van der Waals surface area contributed by atoms with Gasteiger partial charge in [0.25, 0.3) is 5.56 Å². The Bertz CT molecular complexity index is 1290. The van der Waals surface area contributed by atoms with E-state index in [1.54, 1.807) is 13.8 Å². The van der Waals surface area contributed by atoms with Gasteiger partial charge in [-0.05, 0) is 69.6 Å². The van der Waals surface area contributed by atoms with Crippen LogP contribution in [-0.2, 0) is 16.0 Å². The summed E-state index contributed by atoms with van der Waals surface area (Å²) in [5.74, 6) is -0.687. The van der Waals surface area contributed by atoms with Crippen molar-refractivity contribution in [3.05, 3.63) is 56.4 Å². The topological polar surface area (TPSA) is 90.3 Å². The van der Waals surface area contributed by atoms with Crippen LogP contribution in [0.3, 0.4) is 0 Å². The zero-order valence-corrected chi connectivity index (χ0v) is 21.0. The number of carbonyl (C=O) groups is 2. The predicted molar refractivity (Wildman–Crippen MR) is 135 cm³/mol. The lowest BCUT2D eigenvalue weighted by Gasteiger charge is -2.21. The van der Waals surface area contributed by atoms with E-state index in [2.05, 4.69) is 10.3 Å². The van der Waals surface area contributed by atoms with Gasteiger partial charge in [-0.3, -0.25) is 14.2 Å². The molecule has 0 spiro atoms. The number of carbonyl (C=O) groups excluding carboxylic acids is 2. The van der Waals surface area contributed by atoms with E-state index >= 15 is 0 Å². The smallest absolute Gasteiger partial charge is 0.348 e. The van der Waals surface area contributed by atoms with Crippen LogP contribution in [0.2, 0.25) is 0 Å². The summed E-state index contributed by atoms with van der Waals surface area (Å²) in [6.07, 6.45) is 7.19. The van der Waals surface area contributed by atoms with Crippen LogP contribution in [0.4, 0.5) is 5.69 Å². The summed E-state index contributed by atoms with van der Waals surface area (Å²) in [7, 11) is 0. The highest BCUT2D eigenvalue weighted by Gasteiger charge is 2.26. The van der Waals surface area contributed by atoms with Crippen LogP contribution in [0, 0.1) is 13.8 Å². The minimum atomic E-state index is -0.773. The minimum absolute atomic E-state index is 0.0614. The second-order valence-electron chi connectivity index (χ2n) is 8.99. The van der Waals surface area contributed by atoms with E-state index in [0.29, 0.717) is 20.7 Å². The van der Waals surface area contributed by atoms with Crippen LogP contribution < -0.4 is 10.9 Å². The highest BCUT2D eigenvalue weighted by molar-refractivity contribution is 7.20. The minimum Gasteiger partial charge on any atom is -0.458 e. The van der Waals surface area contributed by atoms with Crippen molar-refractivity contribution in [3.63, 3.8) is 0 Å². The lowest BCUT2D eigenvalue weighted by molar-refractivity contribution is -0.118. The molecule has 7 nitrogen and oxygen atoms in total. The van der Waals surface area contributed by atoms with Crippen LogP contribution in [0.1, 0.15) is 78.4 Å². The van der Waals surface area contributed by atoms with Gasteiger partial charge in [-0.2, -0.15) is 0 Å². The summed E-state index contributed by atoms with van der Waals surface area (Å²) in [5.41, 5.74) is 3.02. The summed E-state index contributed by atoms with van der Waals surface area (Å²) < 4.78 is 7.04. The van der Waals surface area contributed by atoms with Crippen molar-refractivity contribution in [3.8, 4) is 0 Å². The first kappa shape index (κ1) is 24.1. The first-order valence-corrected chi connectivity index (χ1v) is 12.7. The molecule has 2 heterocycles. The molecule has 8 heteroatoms. The normalized spacial score (nSPS) is 15.3. The third kappa shape index (κ3) is 4.64. The molecule has 4 rings (SSSR count). The Morgan fingerprint density at radius 2 is 1.97 bits per heavy atom. The number of rotatable bonds is 6. The zero-order chi connectivity index (χ0) is 24.4. The first-order valence-electron chi connectivity index (χ1n) is 11.9. The maximum Gasteiger partial charge on any atom is 0.348 e. The molecular formula is C26H31N3O4S. The molecule has 1 saturated carbocycles. The van der Waals surface area contributed by atoms with Gasteiger partial charge < -0.3 is 10.1 Å². The number of para-hydroxylation sites is 1. The van der Waals surface area contributed by atoms with Crippen molar-refractivity contribution in [1.29, 1.82) is 0 Å². The number of hydrogen-bond acceptors (Lipinski definition) is 6. The Labute approximate surface area is 203 Å². The van der Waals surface area contributed by atoms with Gasteiger partial charge in [0.05, 0.1) is 11.7 Å². The number of aryl methyl sites for hydroxylation is 3. The molecule has 3 aromatic rings. The molecule has 1 aliphatic rings.